The summed E-state index contributed by atoms with van der Waals surface area (Å²) in [6.07, 6.45) is 2.24. The van der Waals surface area contributed by atoms with E-state index in [9.17, 15) is 0 Å². The number of rotatable bonds is 6. The van der Waals surface area contributed by atoms with Gasteiger partial charge in [0.25, 0.3) is 0 Å². The van der Waals surface area contributed by atoms with Gasteiger partial charge in [0.1, 0.15) is 0 Å². The summed E-state index contributed by atoms with van der Waals surface area (Å²) in [5, 5.41) is 5.93. The zero-order valence-corrected chi connectivity index (χ0v) is 15.5. The third-order valence-corrected chi connectivity index (χ3v) is 6.12. The lowest BCUT2D eigenvalue weighted by Crippen LogP contribution is -2.23. The molecule has 2 rings (SSSR count). The maximum absolute atomic E-state index is 3.65. The molecule has 0 bridgehead atoms. The van der Waals surface area contributed by atoms with Gasteiger partial charge in [0, 0.05) is 17.3 Å². The van der Waals surface area contributed by atoms with Crippen LogP contribution in [0.15, 0.2) is 27.4 Å². The first kappa shape index (κ1) is 15.0. The summed E-state index contributed by atoms with van der Waals surface area (Å²) in [6, 6.07) is 7.08. The van der Waals surface area contributed by atoms with E-state index in [0.717, 1.165) is 13.0 Å². The Morgan fingerprint density at radius 3 is 2.83 bits per heavy atom. The van der Waals surface area contributed by atoms with Crippen molar-refractivity contribution >= 4 is 61.2 Å². The summed E-state index contributed by atoms with van der Waals surface area (Å²) in [4.78, 5) is 1.43. The van der Waals surface area contributed by atoms with Crippen LogP contribution in [-0.2, 0) is 6.42 Å². The van der Waals surface area contributed by atoms with Gasteiger partial charge in [-0.05, 0) is 80.6 Å². The lowest BCUT2D eigenvalue weighted by Gasteiger charge is -2.16. The third-order valence-electron chi connectivity index (χ3n) is 2.67. The van der Waals surface area contributed by atoms with Crippen LogP contribution in [0.25, 0.3) is 0 Å². The summed E-state index contributed by atoms with van der Waals surface area (Å²) in [5.41, 5.74) is 1.42. The largest absolute Gasteiger partial charge is 0.310 e. The molecule has 0 spiro atoms. The molecular formula is C13H15BrINS2. The van der Waals surface area contributed by atoms with Crippen LogP contribution in [0.1, 0.15) is 29.8 Å². The molecule has 18 heavy (non-hydrogen) atoms. The maximum atomic E-state index is 3.65. The highest BCUT2D eigenvalue weighted by molar-refractivity contribution is 14.1. The summed E-state index contributed by atoms with van der Waals surface area (Å²) in [7, 11) is 0. The Labute approximate surface area is 138 Å². The summed E-state index contributed by atoms with van der Waals surface area (Å²) in [5.74, 6) is 0. The van der Waals surface area contributed by atoms with Gasteiger partial charge in [-0.3, -0.25) is 0 Å². The summed E-state index contributed by atoms with van der Waals surface area (Å²) in [6.45, 7) is 3.28. The molecule has 0 saturated carbocycles. The van der Waals surface area contributed by atoms with E-state index in [1.54, 1.807) is 0 Å². The van der Waals surface area contributed by atoms with Gasteiger partial charge in [-0.1, -0.05) is 6.92 Å². The molecule has 0 radical (unpaired) electrons. The first-order valence-corrected chi connectivity index (χ1v) is 9.47. The molecule has 0 aliphatic heterocycles. The average molecular weight is 456 g/mol. The number of halogens is 2. The van der Waals surface area contributed by atoms with Crippen molar-refractivity contribution in [2.75, 3.05) is 6.54 Å². The number of thiophene rings is 2. The molecule has 2 heterocycles. The van der Waals surface area contributed by atoms with Crippen molar-refractivity contribution in [1.29, 1.82) is 0 Å². The van der Waals surface area contributed by atoms with Crippen molar-refractivity contribution in [3.63, 3.8) is 0 Å². The van der Waals surface area contributed by atoms with E-state index < -0.39 is 0 Å². The Kier molecular flexibility index (Phi) is 6.14. The predicted molar refractivity (Wildman–Crippen MR) is 93.8 cm³/mol. The lowest BCUT2D eigenvalue weighted by atomic mass is 10.1. The second-order valence-corrected chi connectivity index (χ2v) is 9.45. The molecule has 1 atom stereocenters. The standard InChI is InChI=1S/C13H15BrINS2/c1-2-5-16-11(9-6-13(15)17-8-9)7-10-3-4-12(14)18-10/h3-4,6,8,11,16H,2,5,7H2,1H3. The first-order valence-electron chi connectivity index (χ1n) is 5.90. The first-order chi connectivity index (χ1) is 8.69. The van der Waals surface area contributed by atoms with Gasteiger partial charge in [-0.15, -0.1) is 22.7 Å². The molecule has 1 N–H and O–H groups in total. The Bertz CT molecular complexity index is 495. The zero-order valence-electron chi connectivity index (χ0n) is 10.1. The molecule has 98 valence electrons. The predicted octanol–water partition coefficient (Wildman–Crippen LogP) is 5.46. The van der Waals surface area contributed by atoms with Crippen LogP contribution in [0.4, 0.5) is 0 Å². The van der Waals surface area contributed by atoms with E-state index in [1.807, 2.05) is 22.7 Å². The SMILES string of the molecule is CCCNC(Cc1ccc(Br)s1)c1csc(I)c1. The molecule has 1 unspecified atom stereocenters. The van der Waals surface area contributed by atoms with Crippen LogP contribution in [0.2, 0.25) is 0 Å². The highest BCUT2D eigenvalue weighted by Gasteiger charge is 2.14. The van der Waals surface area contributed by atoms with Gasteiger partial charge in [-0.2, -0.15) is 0 Å². The Balaban J connectivity index is 2.09. The van der Waals surface area contributed by atoms with Crippen LogP contribution in [0.5, 0.6) is 0 Å². The highest BCUT2D eigenvalue weighted by Crippen LogP contribution is 2.29. The minimum absolute atomic E-state index is 0.440. The van der Waals surface area contributed by atoms with E-state index in [1.165, 1.54) is 23.5 Å². The second kappa shape index (κ2) is 7.38. The molecule has 0 saturated heterocycles. The van der Waals surface area contributed by atoms with Gasteiger partial charge in [0.15, 0.2) is 0 Å². The average Bonchev–Trinajstić information content (AvgIpc) is 2.93. The van der Waals surface area contributed by atoms with Crippen LogP contribution in [0.3, 0.4) is 0 Å². The minimum atomic E-state index is 0.440. The van der Waals surface area contributed by atoms with E-state index in [-0.39, 0.29) is 0 Å². The van der Waals surface area contributed by atoms with Gasteiger partial charge in [0.2, 0.25) is 0 Å². The van der Waals surface area contributed by atoms with Gasteiger partial charge in [-0.25, -0.2) is 0 Å². The normalized spacial score (nSPS) is 12.8. The van der Waals surface area contributed by atoms with Crippen molar-refractivity contribution in [2.24, 2.45) is 0 Å². The molecular weight excluding hydrogens is 441 g/mol. The number of nitrogens with one attached hydrogen (secondary N) is 1. The van der Waals surface area contributed by atoms with Gasteiger partial charge in [0.05, 0.1) is 6.67 Å². The number of hydrogen-bond donors (Lipinski definition) is 1. The van der Waals surface area contributed by atoms with Crippen molar-refractivity contribution in [3.05, 3.63) is 40.7 Å². The molecule has 0 amide bonds. The number of hydrogen-bond acceptors (Lipinski definition) is 3. The molecule has 5 heteroatoms. The van der Waals surface area contributed by atoms with Crippen LogP contribution < -0.4 is 5.32 Å². The third kappa shape index (κ3) is 4.30. The van der Waals surface area contributed by atoms with Crippen LogP contribution >= 0.6 is 61.2 Å². The molecule has 0 aliphatic carbocycles. The monoisotopic (exact) mass is 455 g/mol. The second-order valence-electron chi connectivity index (χ2n) is 4.10. The van der Waals surface area contributed by atoms with Crippen molar-refractivity contribution in [1.82, 2.24) is 5.32 Å². The molecule has 2 aromatic rings. The zero-order chi connectivity index (χ0) is 13.0. The fourth-order valence-corrected chi connectivity index (χ4v) is 4.75. The highest BCUT2D eigenvalue weighted by atomic mass is 127. The van der Waals surface area contributed by atoms with E-state index >= 15 is 0 Å². The topological polar surface area (TPSA) is 12.0 Å². The molecule has 0 fully saturated rings. The fourth-order valence-electron chi connectivity index (χ4n) is 1.80. The van der Waals surface area contributed by atoms with Crippen LogP contribution in [-0.4, -0.2) is 6.54 Å². The van der Waals surface area contributed by atoms with Crippen molar-refractivity contribution in [2.45, 2.75) is 25.8 Å². The van der Waals surface area contributed by atoms with Crippen molar-refractivity contribution < 1.29 is 0 Å². The van der Waals surface area contributed by atoms with E-state index in [2.05, 4.69) is 74.3 Å². The maximum Gasteiger partial charge on any atom is 0.0701 e. The quantitative estimate of drug-likeness (QED) is 0.570. The summed E-state index contributed by atoms with van der Waals surface area (Å²) < 4.78 is 2.57. The Hall–Kier alpha value is 0.570. The summed E-state index contributed by atoms with van der Waals surface area (Å²) >= 11 is 9.58. The van der Waals surface area contributed by atoms with Crippen molar-refractivity contribution in [3.8, 4) is 0 Å². The molecule has 0 aliphatic rings. The molecule has 2 aromatic heterocycles. The van der Waals surface area contributed by atoms with Crippen LogP contribution in [0, 0.1) is 2.88 Å². The van der Waals surface area contributed by atoms with Gasteiger partial charge >= 0.3 is 0 Å². The molecule has 1 nitrogen and oxygen atoms in total. The van der Waals surface area contributed by atoms with Gasteiger partial charge < -0.3 is 5.32 Å². The Morgan fingerprint density at radius 1 is 1.44 bits per heavy atom. The fraction of sp³-hybridized carbons (Fsp3) is 0.385. The minimum Gasteiger partial charge on any atom is -0.310 e. The molecule has 0 aromatic carbocycles. The Morgan fingerprint density at radius 2 is 2.28 bits per heavy atom. The smallest absolute Gasteiger partial charge is 0.0701 e. The van der Waals surface area contributed by atoms with E-state index in [0.29, 0.717) is 6.04 Å². The lowest BCUT2D eigenvalue weighted by molar-refractivity contribution is 0.533. The van der Waals surface area contributed by atoms with E-state index in [4.69, 9.17) is 0 Å².